The van der Waals surface area contributed by atoms with Crippen LogP contribution >= 0.6 is 11.8 Å². The average molecular weight is 222 g/mol. The molecule has 0 fully saturated rings. The molecule has 0 saturated heterocycles. The van der Waals surface area contributed by atoms with Crippen molar-refractivity contribution in [3.63, 3.8) is 0 Å². The standard InChI is InChI=1S/C13H18OS/c1-11(10-15-3)9-13(2,14)12-7-5-4-6-8-12/h4-8,10,14H,9H2,1-3H3/b11-10+. The summed E-state index contributed by atoms with van der Waals surface area (Å²) in [5.41, 5.74) is 1.41. The van der Waals surface area contributed by atoms with Crippen molar-refractivity contribution >= 4 is 11.8 Å². The van der Waals surface area contributed by atoms with E-state index in [9.17, 15) is 5.11 Å². The van der Waals surface area contributed by atoms with E-state index in [2.05, 4.69) is 5.41 Å². The van der Waals surface area contributed by atoms with Gasteiger partial charge in [0, 0.05) is 6.42 Å². The van der Waals surface area contributed by atoms with Crippen molar-refractivity contribution in [1.82, 2.24) is 0 Å². The highest BCUT2D eigenvalue weighted by atomic mass is 32.2. The van der Waals surface area contributed by atoms with Gasteiger partial charge >= 0.3 is 0 Å². The molecule has 0 amide bonds. The van der Waals surface area contributed by atoms with Crippen molar-refractivity contribution in [1.29, 1.82) is 0 Å². The molecule has 0 spiro atoms. The van der Waals surface area contributed by atoms with Crippen molar-refractivity contribution in [2.24, 2.45) is 0 Å². The van der Waals surface area contributed by atoms with Crippen LogP contribution in [-0.4, -0.2) is 11.4 Å². The van der Waals surface area contributed by atoms with Crippen LogP contribution in [0.2, 0.25) is 0 Å². The molecule has 1 N–H and O–H groups in total. The molecule has 0 aliphatic heterocycles. The van der Waals surface area contributed by atoms with Crippen molar-refractivity contribution < 1.29 is 5.11 Å². The highest BCUT2D eigenvalue weighted by molar-refractivity contribution is 8.01. The highest BCUT2D eigenvalue weighted by Crippen LogP contribution is 2.28. The van der Waals surface area contributed by atoms with Gasteiger partial charge in [-0.25, -0.2) is 0 Å². The third-order valence-corrected chi connectivity index (χ3v) is 2.98. The van der Waals surface area contributed by atoms with Crippen LogP contribution in [0.1, 0.15) is 25.8 Å². The van der Waals surface area contributed by atoms with E-state index in [1.807, 2.05) is 50.4 Å². The van der Waals surface area contributed by atoms with Crippen molar-refractivity contribution in [3.05, 3.63) is 46.9 Å². The fraction of sp³-hybridized carbons (Fsp3) is 0.385. The molecule has 1 nitrogen and oxygen atoms in total. The maximum atomic E-state index is 10.3. The summed E-state index contributed by atoms with van der Waals surface area (Å²) in [7, 11) is 0. The van der Waals surface area contributed by atoms with Gasteiger partial charge < -0.3 is 5.11 Å². The number of thioether (sulfide) groups is 1. The predicted octanol–water partition coefficient (Wildman–Crippen LogP) is 3.55. The Labute approximate surface area is 96.2 Å². The van der Waals surface area contributed by atoms with Crippen LogP contribution in [0.3, 0.4) is 0 Å². The van der Waals surface area contributed by atoms with Gasteiger partial charge in [0.25, 0.3) is 0 Å². The lowest BCUT2D eigenvalue weighted by Crippen LogP contribution is -2.21. The van der Waals surface area contributed by atoms with Crippen LogP contribution in [0.15, 0.2) is 41.3 Å². The first-order valence-corrected chi connectivity index (χ1v) is 6.31. The van der Waals surface area contributed by atoms with Gasteiger partial charge in [-0.15, -0.1) is 11.8 Å². The molecule has 0 saturated carbocycles. The largest absolute Gasteiger partial charge is 0.385 e. The first-order chi connectivity index (χ1) is 7.06. The summed E-state index contributed by atoms with van der Waals surface area (Å²) in [4.78, 5) is 0. The molecule has 0 aromatic heterocycles. The number of aliphatic hydroxyl groups is 1. The SMILES string of the molecule is CS/C=C(\C)CC(C)(O)c1ccccc1. The van der Waals surface area contributed by atoms with Gasteiger partial charge in [-0.3, -0.25) is 0 Å². The number of benzene rings is 1. The molecule has 15 heavy (non-hydrogen) atoms. The molecule has 1 atom stereocenters. The van der Waals surface area contributed by atoms with Gasteiger partial charge in [0.15, 0.2) is 0 Å². The number of hydrogen-bond donors (Lipinski definition) is 1. The fourth-order valence-electron chi connectivity index (χ4n) is 1.69. The summed E-state index contributed by atoms with van der Waals surface area (Å²) in [5, 5.41) is 12.4. The zero-order chi connectivity index (χ0) is 11.3. The number of hydrogen-bond acceptors (Lipinski definition) is 2. The quantitative estimate of drug-likeness (QED) is 0.840. The molecule has 0 radical (unpaired) electrons. The van der Waals surface area contributed by atoms with Crippen LogP contribution < -0.4 is 0 Å². The first-order valence-electron chi connectivity index (χ1n) is 5.02. The molecular formula is C13H18OS. The van der Waals surface area contributed by atoms with Crippen LogP contribution in [0.25, 0.3) is 0 Å². The highest BCUT2D eigenvalue weighted by Gasteiger charge is 2.22. The Morgan fingerprint density at radius 2 is 2.00 bits per heavy atom. The zero-order valence-corrected chi connectivity index (χ0v) is 10.3. The van der Waals surface area contributed by atoms with E-state index in [0.717, 1.165) is 5.56 Å². The second kappa shape index (κ2) is 5.38. The predicted molar refractivity (Wildman–Crippen MR) is 67.9 cm³/mol. The summed E-state index contributed by atoms with van der Waals surface area (Å²) in [6, 6.07) is 9.80. The van der Waals surface area contributed by atoms with E-state index in [1.54, 1.807) is 11.8 Å². The summed E-state index contributed by atoms with van der Waals surface area (Å²) in [6.45, 7) is 3.91. The second-order valence-corrected chi connectivity index (χ2v) is 4.72. The van der Waals surface area contributed by atoms with E-state index in [0.29, 0.717) is 6.42 Å². The first kappa shape index (κ1) is 12.3. The Kier molecular flexibility index (Phi) is 4.43. The summed E-state index contributed by atoms with van der Waals surface area (Å²) >= 11 is 1.67. The topological polar surface area (TPSA) is 20.2 Å². The van der Waals surface area contributed by atoms with Crippen molar-refractivity contribution in [2.45, 2.75) is 25.9 Å². The van der Waals surface area contributed by atoms with Gasteiger partial charge in [-0.05, 0) is 31.1 Å². The molecule has 1 aromatic rings. The minimum atomic E-state index is -0.766. The lowest BCUT2D eigenvalue weighted by Gasteiger charge is -2.24. The molecule has 0 aliphatic rings. The Hall–Kier alpha value is -0.730. The Balaban J connectivity index is 2.80. The minimum Gasteiger partial charge on any atom is -0.385 e. The minimum absolute atomic E-state index is 0.678. The van der Waals surface area contributed by atoms with E-state index < -0.39 is 5.60 Å². The maximum Gasteiger partial charge on any atom is 0.0905 e. The van der Waals surface area contributed by atoms with Crippen molar-refractivity contribution in [2.75, 3.05) is 6.26 Å². The Morgan fingerprint density at radius 3 is 2.53 bits per heavy atom. The molecule has 1 aromatic carbocycles. The molecular weight excluding hydrogens is 204 g/mol. The molecule has 0 bridgehead atoms. The van der Waals surface area contributed by atoms with E-state index in [1.165, 1.54) is 5.57 Å². The molecule has 82 valence electrons. The fourth-order valence-corrected chi connectivity index (χ4v) is 2.17. The van der Waals surface area contributed by atoms with Crippen LogP contribution in [-0.2, 0) is 5.60 Å². The molecule has 1 unspecified atom stereocenters. The summed E-state index contributed by atoms with van der Waals surface area (Å²) in [6.07, 6.45) is 2.71. The zero-order valence-electron chi connectivity index (χ0n) is 9.53. The Bertz CT molecular complexity index is 328. The monoisotopic (exact) mass is 222 g/mol. The average Bonchev–Trinajstić information content (AvgIpc) is 2.18. The lowest BCUT2D eigenvalue weighted by atomic mass is 9.90. The molecule has 0 aliphatic carbocycles. The van der Waals surface area contributed by atoms with E-state index >= 15 is 0 Å². The lowest BCUT2D eigenvalue weighted by molar-refractivity contribution is 0.0577. The normalized spacial score (nSPS) is 16.1. The molecule has 1 rings (SSSR count). The second-order valence-electron chi connectivity index (χ2n) is 4.02. The van der Waals surface area contributed by atoms with Gasteiger partial charge in [-0.1, -0.05) is 35.9 Å². The summed E-state index contributed by atoms with van der Waals surface area (Å²) in [5.74, 6) is 0. The van der Waals surface area contributed by atoms with Gasteiger partial charge in [-0.2, -0.15) is 0 Å². The summed E-state index contributed by atoms with van der Waals surface area (Å²) < 4.78 is 0. The molecule has 2 heteroatoms. The van der Waals surface area contributed by atoms with E-state index in [4.69, 9.17) is 0 Å². The number of rotatable bonds is 4. The third kappa shape index (κ3) is 3.73. The van der Waals surface area contributed by atoms with Crippen LogP contribution in [0.4, 0.5) is 0 Å². The van der Waals surface area contributed by atoms with Crippen LogP contribution in [0, 0.1) is 0 Å². The van der Waals surface area contributed by atoms with Gasteiger partial charge in [0.2, 0.25) is 0 Å². The van der Waals surface area contributed by atoms with Gasteiger partial charge in [0.1, 0.15) is 0 Å². The third-order valence-electron chi connectivity index (χ3n) is 2.34. The maximum absolute atomic E-state index is 10.3. The van der Waals surface area contributed by atoms with Crippen LogP contribution in [0.5, 0.6) is 0 Å². The smallest absolute Gasteiger partial charge is 0.0905 e. The van der Waals surface area contributed by atoms with Gasteiger partial charge in [0.05, 0.1) is 5.60 Å². The Morgan fingerprint density at radius 1 is 1.40 bits per heavy atom. The van der Waals surface area contributed by atoms with E-state index in [-0.39, 0.29) is 0 Å². The molecule has 0 heterocycles. The van der Waals surface area contributed by atoms with Crippen molar-refractivity contribution in [3.8, 4) is 0 Å².